The fourth-order valence-corrected chi connectivity index (χ4v) is 1.47. The summed E-state index contributed by atoms with van der Waals surface area (Å²) in [6, 6.07) is 4.14. The number of nitrogens with zero attached hydrogens (tertiary/aromatic N) is 1. The minimum Gasteiger partial charge on any atom is -0.496 e. The van der Waals surface area contributed by atoms with Crippen molar-refractivity contribution < 1.29 is 23.9 Å². The van der Waals surface area contributed by atoms with Gasteiger partial charge in [-0.3, -0.25) is 10.1 Å². The molecule has 0 atom stereocenters. The summed E-state index contributed by atoms with van der Waals surface area (Å²) in [6.07, 6.45) is 0. The van der Waals surface area contributed by atoms with Crippen molar-refractivity contribution >= 4 is 11.7 Å². The first-order chi connectivity index (χ1) is 9.31. The van der Waals surface area contributed by atoms with Crippen LogP contribution in [0.2, 0.25) is 0 Å². The third kappa shape index (κ3) is 3.59. The normalized spacial score (nSPS) is 10.8. The number of ether oxygens (including phenoxy) is 3. The molecular weight excluding hydrogens is 266 g/mol. The fraction of sp³-hybridized carbons (Fsp3) is 0.462. The van der Waals surface area contributed by atoms with Crippen LogP contribution < -0.4 is 9.47 Å². The van der Waals surface area contributed by atoms with E-state index in [1.807, 2.05) is 0 Å². The Balaban J connectivity index is 3.08. The molecule has 1 aromatic rings. The van der Waals surface area contributed by atoms with Crippen LogP contribution in [0, 0.1) is 10.1 Å². The van der Waals surface area contributed by atoms with Crippen molar-refractivity contribution in [1.82, 2.24) is 0 Å². The van der Waals surface area contributed by atoms with Crippen LogP contribution in [0.5, 0.6) is 11.5 Å². The van der Waals surface area contributed by atoms with Crippen LogP contribution in [-0.2, 0) is 9.53 Å². The molecule has 0 unspecified atom stereocenters. The standard InChI is InChI=1S/C13H17NO6/c1-5-19-12(15)13(2,3)20-11-7-6-9(18-4)8-10(11)14(16)17/h6-8H,5H2,1-4H3. The van der Waals surface area contributed by atoms with E-state index in [-0.39, 0.29) is 18.0 Å². The monoisotopic (exact) mass is 283 g/mol. The Morgan fingerprint density at radius 2 is 2.05 bits per heavy atom. The molecule has 0 saturated heterocycles. The lowest BCUT2D eigenvalue weighted by atomic mass is 10.1. The number of rotatable bonds is 6. The minimum absolute atomic E-state index is 0.0196. The van der Waals surface area contributed by atoms with E-state index in [0.717, 1.165) is 0 Å². The van der Waals surface area contributed by atoms with Gasteiger partial charge in [-0.2, -0.15) is 0 Å². The van der Waals surface area contributed by atoms with Crippen molar-refractivity contribution in [3.8, 4) is 11.5 Å². The Morgan fingerprint density at radius 3 is 2.55 bits per heavy atom. The van der Waals surface area contributed by atoms with Gasteiger partial charge in [0.05, 0.1) is 24.7 Å². The van der Waals surface area contributed by atoms with Crippen molar-refractivity contribution in [2.75, 3.05) is 13.7 Å². The number of hydrogen-bond donors (Lipinski definition) is 0. The molecule has 1 aromatic carbocycles. The third-order valence-corrected chi connectivity index (χ3v) is 2.49. The molecule has 0 spiro atoms. The molecule has 0 aliphatic heterocycles. The van der Waals surface area contributed by atoms with Gasteiger partial charge in [0.2, 0.25) is 5.60 Å². The van der Waals surface area contributed by atoms with Crippen LogP contribution in [0.4, 0.5) is 5.69 Å². The molecule has 0 N–H and O–H groups in total. The molecule has 0 radical (unpaired) electrons. The first-order valence-electron chi connectivity index (χ1n) is 6.00. The molecule has 7 nitrogen and oxygen atoms in total. The highest BCUT2D eigenvalue weighted by atomic mass is 16.6. The quantitative estimate of drug-likeness (QED) is 0.452. The van der Waals surface area contributed by atoms with E-state index >= 15 is 0 Å². The lowest BCUT2D eigenvalue weighted by Gasteiger charge is -2.23. The highest BCUT2D eigenvalue weighted by Crippen LogP contribution is 2.33. The van der Waals surface area contributed by atoms with Gasteiger partial charge in [0, 0.05) is 0 Å². The Labute approximate surface area is 116 Å². The smallest absolute Gasteiger partial charge is 0.349 e. The van der Waals surface area contributed by atoms with Gasteiger partial charge in [-0.1, -0.05) is 0 Å². The number of hydrogen-bond acceptors (Lipinski definition) is 6. The first-order valence-corrected chi connectivity index (χ1v) is 6.00. The number of benzene rings is 1. The van der Waals surface area contributed by atoms with Crippen molar-refractivity contribution in [3.05, 3.63) is 28.3 Å². The van der Waals surface area contributed by atoms with E-state index in [1.54, 1.807) is 6.92 Å². The van der Waals surface area contributed by atoms with Crippen LogP contribution in [0.25, 0.3) is 0 Å². The second-order valence-electron chi connectivity index (χ2n) is 4.42. The van der Waals surface area contributed by atoms with Crippen LogP contribution in [0.15, 0.2) is 18.2 Å². The second-order valence-corrected chi connectivity index (χ2v) is 4.42. The van der Waals surface area contributed by atoms with Crippen molar-refractivity contribution in [3.63, 3.8) is 0 Å². The maximum absolute atomic E-state index is 11.7. The lowest BCUT2D eigenvalue weighted by Crippen LogP contribution is -2.39. The number of carbonyl (C=O) groups is 1. The molecule has 0 aliphatic rings. The Bertz CT molecular complexity index is 512. The van der Waals surface area contributed by atoms with Crippen LogP contribution in [0.3, 0.4) is 0 Å². The molecule has 0 bridgehead atoms. The van der Waals surface area contributed by atoms with Gasteiger partial charge in [-0.15, -0.1) is 0 Å². The molecule has 0 amide bonds. The average molecular weight is 283 g/mol. The van der Waals surface area contributed by atoms with Crippen LogP contribution in [-0.4, -0.2) is 30.2 Å². The minimum atomic E-state index is -1.32. The SMILES string of the molecule is CCOC(=O)C(C)(C)Oc1ccc(OC)cc1[N+](=O)[O-]. The van der Waals surface area contributed by atoms with E-state index in [9.17, 15) is 14.9 Å². The van der Waals surface area contributed by atoms with Gasteiger partial charge in [0.15, 0.2) is 5.75 Å². The topological polar surface area (TPSA) is 87.9 Å². The van der Waals surface area contributed by atoms with E-state index in [4.69, 9.17) is 14.2 Å². The maximum Gasteiger partial charge on any atom is 0.349 e. The summed E-state index contributed by atoms with van der Waals surface area (Å²) in [7, 11) is 1.40. The molecule has 110 valence electrons. The van der Waals surface area contributed by atoms with Gasteiger partial charge >= 0.3 is 11.7 Å². The zero-order valence-corrected chi connectivity index (χ0v) is 11.8. The third-order valence-electron chi connectivity index (χ3n) is 2.49. The summed E-state index contributed by atoms with van der Waals surface area (Å²) in [5.41, 5.74) is -1.60. The predicted molar refractivity (Wildman–Crippen MR) is 71.0 cm³/mol. The van der Waals surface area contributed by atoms with Crippen molar-refractivity contribution in [1.29, 1.82) is 0 Å². The number of nitro groups is 1. The summed E-state index contributed by atoms with van der Waals surface area (Å²) >= 11 is 0. The number of methoxy groups -OCH3 is 1. The molecule has 0 heterocycles. The lowest BCUT2D eigenvalue weighted by molar-refractivity contribution is -0.386. The van der Waals surface area contributed by atoms with Gasteiger partial charge in [-0.25, -0.2) is 4.79 Å². The number of nitro benzene ring substituents is 1. The summed E-state index contributed by atoms with van der Waals surface area (Å²) in [4.78, 5) is 22.2. The molecule has 0 aromatic heterocycles. The molecule has 20 heavy (non-hydrogen) atoms. The largest absolute Gasteiger partial charge is 0.496 e. The average Bonchev–Trinajstić information content (AvgIpc) is 2.38. The van der Waals surface area contributed by atoms with E-state index < -0.39 is 16.5 Å². The summed E-state index contributed by atoms with van der Waals surface area (Å²) in [5, 5.41) is 11.0. The molecule has 0 fully saturated rings. The molecule has 1 rings (SSSR count). The van der Waals surface area contributed by atoms with Gasteiger partial charge in [0.25, 0.3) is 0 Å². The predicted octanol–water partition coefficient (Wildman–Crippen LogP) is 2.32. The van der Waals surface area contributed by atoms with Gasteiger partial charge in [0.1, 0.15) is 5.75 Å². The van der Waals surface area contributed by atoms with E-state index in [1.165, 1.54) is 39.2 Å². The van der Waals surface area contributed by atoms with E-state index in [2.05, 4.69) is 0 Å². The van der Waals surface area contributed by atoms with Gasteiger partial charge in [-0.05, 0) is 32.9 Å². The molecule has 7 heteroatoms. The molecule has 0 saturated carbocycles. The Kier molecular flexibility index (Phi) is 4.90. The number of carbonyl (C=O) groups excluding carboxylic acids is 1. The Morgan fingerprint density at radius 1 is 1.40 bits per heavy atom. The summed E-state index contributed by atoms with van der Waals surface area (Å²) in [5.74, 6) is -0.281. The van der Waals surface area contributed by atoms with Crippen LogP contribution >= 0.6 is 0 Å². The first kappa shape index (κ1) is 15.7. The Hall–Kier alpha value is -2.31. The number of esters is 1. The summed E-state index contributed by atoms with van der Waals surface area (Å²) in [6.45, 7) is 4.85. The maximum atomic E-state index is 11.7. The zero-order chi connectivity index (χ0) is 15.3. The fourth-order valence-electron chi connectivity index (χ4n) is 1.47. The highest BCUT2D eigenvalue weighted by Gasteiger charge is 2.34. The van der Waals surface area contributed by atoms with Crippen molar-refractivity contribution in [2.45, 2.75) is 26.4 Å². The van der Waals surface area contributed by atoms with Gasteiger partial charge < -0.3 is 14.2 Å². The van der Waals surface area contributed by atoms with Crippen molar-refractivity contribution in [2.24, 2.45) is 0 Å². The van der Waals surface area contributed by atoms with E-state index in [0.29, 0.717) is 5.75 Å². The molecular formula is C13H17NO6. The summed E-state index contributed by atoms with van der Waals surface area (Å²) < 4.78 is 15.2. The second kappa shape index (κ2) is 6.23. The zero-order valence-electron chi connectivity index (χ0n) is 11.8. The highest BCUT2D eigenvalue weighted by molar-refractivity contribution is 5.79. The van der Waals surface area contributed by atoms with Crippen LogP contribution in [0.1, 0.15) is 20.8 Å². The molecule has 0 aliphatic carbocycles.